The number of rotatable bonds is 7. The van der Waals surface area contributed by atoms with E-state index in [2.05, 4.69) is 12.1 Å². The molecule has 3 aromatic carbocycles. The van der Waals surface area contributed by atoms with Crippen molar-refractivity contribution in [3.8, 4) is 5.75 Å². The highest BCUT2D eigenvalue weighted by Crippen LogP contribution is 2.60. The maximum absolute atomic E-state index is 14.9. The molecule has 3 aromatic rings. The van der Waals surface area contributed by atoms with Crippen molar-refractivity contribution in [2.24, 2.45) is 35.5 Å². The third-order valence-corrected chi connectivity index (χ3v) is 15.5. The molecule has 0 radical (unpaired) electrons. The SMILES string of the molecule is O=S(=O)(O)c1ccc(OS(=O)(=O)c2c(C3CC4CCC3C4)cc(C3CC4CCC3C4)cc2C2CC3CCC2C3)c2ccccc12. The average Bonchev–Trinajstić information content (AvgIpc) is 3.88. The van der Waals surface area contributed by atoms with Gasteiger partial charge in [0.15, 0.2) is 5.75 Å². The third-order valence-electron chi connectivity index (χ3n) is 13.2. The summed E-state index contributed by atoms with van der Waals surface area (Å²) in [5.41, 5.74) is 3.37. The van der Waals surface area contributed by atoms with Gasteiger partial charge in [-0.2, -0.15) is 16.8 Å². The van der Waals surface area contributed by atoms with Crippen LogP contribution in [0.1, 0.15) is 111 Å². The van der Waals surface area contributed by atoms with Crippen molar-refractivity contribution >= 4 is 31.0 Å². The summed E-state index contributed by atoms with van der Waals surface area (Å²) in [4.78, 5) is 0.149. The van der Waals surface area contributed by atoms with Gasteiger partial charge in [0.1, 0.15) is 9.79 Å². The summed E-state index contributed by atoms with van der Waals surface area (Å²) in [6.45, 7) is 0. The van der Waals surface area contributed by atoms with E-state index in [0.29, 0.717) is 45.8 Å². The van der Waals surface area contributed by atoms with Gasteiger partial charge in [-0.3, -0.25) is 4.55 Å². The molecule has 6 bridgehead atoms. The predicted octanol–water partition coefficient (Wildman–Crippen LogP) is 8.57. The maximum Gasteiger partial charge on any atom is 0.339 e. The minimum Gasteiger partial charge on any atom is -0.378 e. The smallest absolute Gasteiger partial charge is 0.339 e. The van der Waals surface area contributed by atoms with Gasteiger partial charge < -0.3 is 4.18 Å². The quantitative estimate of drug-likeness (QED) is 0.204. The summed E-state index contributed by atoms with van der Waals surface area (Å²) in [6.07, 6.45) is 14.5. The predicted molar refractivity (Wildman–Crippen MR) is 173 cm³/mol. The Kier molecular flexibility index (Phi) is 6.58. The molecule has 6 nitrogen and oxygen atoms in total. The molecule has 6 aliphatic rings. The fourth-order valence-corrected chi connectivity index (χ4v) is 13.5. The van der Waals surface area contributed by atoms with Crippen LogP contribution in [0.3, 0.4) is 0 Å². The first kappa shape index (κ1) is 28.8. The lowest BCUT2D eigenvalue weighted by Gasteiger charge is -2.32. The maximum atomic E-state index is 14.9. The van der Waals surface area contributed by atoms with Crippen molar-refractivity contribution in [1.29, 1.82) is 0 Å². The molecule has 9 atom stereocenters. The minimum atomic E-state index is -4.51. The lowest BCUT2D eigenvalue weighted by Crippen LogP contribution is -2.23. The van der Waals surface area contributed by atoms with Crippen LogP contribution >= 0.6 is 0 Å². The second kappa shape index (κ2) is 10.3. The topological polar surface area (TPSA) is 97.7 Å². The molecule has 6 aliphatic carbocycles. The lowest BCUT2D eigenvalue weighted by molar-refractivity contribution is 0.392. The highest BCUT2D eigenvalue weighted by Gasteiger charge is 2.48. The van der Waals surface area contributed by atoms with Crippen LogP contribution in [0.15, 0.2) is 58.3 Å². The van der Waals surface area contributed by atoms with E-state index in [1.165, 1.54) is 81.9 Å². The van der Waals surface area contributed by atoms with Gasteiger partial charge in [0, 0.05) is 10.8 Å². The van der Waals surface area contributed by atoms with E-state index in [9.17, 15) is 21.4 Å². The third kappa shape index (κ3) is 4.71. The normalized spacial score (nSPS) is 35.2. The highest BCUT2D eigenvalue weighted by atomic mass is 32.2. The molecule has 9 unspecified atom stereocenters. The van der Waals surface area contributed by atoms with E-state index in [-0.39, 0.29) is 27.9 Å². The molecule has 6 saturated carbocycles. The van der Waals surface area contributed by atoms with E-state index >= 15 is 0 Å². The molecular weight excluding hydrogens is 605 g/mol. The van der Waals surface area contributed by atoms with Crippen molar-refractivity contribution < 1.29 is 25.6 Å². The molecule has 45 heavy (non-hydrogen) atoms. The first-order valence-electron chi connectivity index (χ1n) is 17.2. The van der Waals surface area contributed by atoms with Crippen LogP contribution < -0.4 is 4.18 Å². The van der Waals surface area contributed by atoms with E-state index in [1.807, 2.05) is 0 Å². The van der Waals surface area contributed by atoms with Crippen molar-refractivity contribution in [3.63, 3.8) is 0 Å². The number of hydrogen-bond donors (Lipinski definition) is 1. The van der Waals surface area contributed by atoms with Gasteiger partial charge in [-0.25, -0.2) is 0 Å². The van der Waals surface area contributed by atoms with Crippen LogP contribution in [0.2, 0.25) is 0 Å². The van der Waals surface area contributed by atoms with Crippen LogP contribution in [0.5, 0.6) is 5.75 Å². The van der Waals surface area contributed by atoms with Gasteiger partial charge in [0.2, 0.25) is 0 Å². The Balaban J connectivity index is 1.22. The zero-order chi connectivity index (χ0) is 30.7. The first-order chi connectivity index (χ1) is 21.6. The first-order valence-corrected chi connectivity index (χ1v) is 20.1. The monoisotopic (exact) mass is 646 g/mol. The number of hydrogen-bond acceptors (Lipinski definition) is 5. The Morgan fingerprint density at radius 3 is 1.58 bits per heavy atom. The summed E-state index contributed by atoms with van der Waals surface area (Å²) in [5.74, 6) is 4.96. The van der Waals surface area contributed by atoms with Crippen LogP contribution in [-0.2, 0) is 20.2 Å². The van der Waals surface area contributed by atoms with Gasteiger partial charge in [-0.05, 0) is 140 Å². The molecule has 0 spiro atoms. The zero-order valence-corrected chi connectivity index (χ0v) is 27.2. The van der Waals surface area contributed by atoms with Gasteiger partial charge in [0.25, 0.3) is 10.1 Å². The molecular formula is C37H42O6S2. The second-order valence-corrected chi connectivity index (χ2v) is 18.4. The Bertz CT molecular complexity index is 1870. The molecule has 6 fully saturated rings. The molecule has 0 saturated heterocycles. The van der Waals surface area contributed by atoms with Crippen molar-refractivity contribution in [2.45, 2.75) is 105 Å². The van der Waals surface area contributed by atoms with E-state index in [0.717, 1.165) is 29.9 Å². The number of fused-ring (bicyclic) bond motifs is 7. The van der Waals surface area contributed by atoms with Crippen LogP contribution in [-0.4, -0.2) is 21.4 Å². The van der Waals surface area contributed by atoms with Crippen LogP contribution in [0.4, 0.5) is 0 Å². The summed E-state index contributed by atoms with van der Waals surface area (Å²) in [7, 11) is -8.79. The van der Waals surface area contributed by atoms with E-state index in [1.54, 1.807) is 24.3 Å². The van der Waals surface area contributed by atoms with Crippen molar-refractivity contribution in [3.05, 3.63) is 65.2 Å². The summed E-state index contributed by atoms with van der Waals surface area (Å²) in [6, 6.07) is 13.9. The molecule has 0 aromatic heterocycles. The zero-order valence-electron chi connectivity index (χ0n) is 25.6. The van der Waals surface area contributed by atoms with Crippen LogP contribution in [0.25, 0.3) is 10.8 Å². The van der Waals surface area contributed by atoms with Gasteiger partial charge >= 0.3 is 10.1 Å². The average molecular weight is 647 g/mol. The van der Waals surface area contributed by atoms with Crippen LogP contribution in [0, 0.1) is 35.5 Å². The molecule has 0 heterocycles. The van der Waals surface area contributed by atoms with Gasteiger partial charge in [-0.1, -0.05) is 55.7 Å². The van der Waals surface area contributed by atoms with Crippen molar-refractivity contribution in [2.75, 3.05) is 0 Å². The molecule has 1 N–H and O–H groups in total. The number of benzene rings is 3. The second-order valence-electron chi connectivity index (χ2n) is 15.5. The minimum absolute atomic E-state index is 0.0907. The Labute approximate surface area is 266 Å². The molecule has 238 valence electrons. The molecule has 0 aliphatic heterocycles. The van der Waals surface area contributed by atoms with Gasteiger partial charge in [-0.15, -0.1) is 0 Å². The van der Waals surface area contributed by atoms with Gasteiger partial charge in [0.05, 0.1) is 0 Å². The molecule has 9 rings (SSSR count). The summed E-state index contributed by atoms with van der Waals surface area (Å²) >= 11 is 0. The largest absolute Gasteiger partial charge is 0.378 e. The summed E-state index contributed by atoms with van der Waals surface area (Å²) < 4.78 is 70.1. The Morgan fingerprint density at radius 2 is 1.11 bits per heavy atom. The lowest BCUT2D eigenvalue weighted by atomic mass is 9.75. The molecule has 0 amide bonds. The highest BCUT2D eigenvalue weighted by molar-refractivity contribution is 7.87. The van der Waals surface area contributed by atoms with E-state index in [4.69, 9.17) is 4.18 Å². The standard InChI is InChI=1S/C37H42O6S2/c38-44(39,40)36-12-11-35(28-3-1-2-4-29(28)36)43-45(41,42)37-33(31-17-22-6-9-25(31)14-22)19-27(30-16-21-5-8-24(30)13-21)20-34(37)32-18-23-7-10-26(32)15-23/h1-4,11-12,19-26,30-32H,5-10,13-18H2,(H,38,39,40). The fourth-order valence-electron chi connectivity index (χ4n) is 11.4. The Hall–Kier alpha value is -2.42. The van der Waals surface area contributed by atoms with Crippen molar-refractivity contribution in [1.82, 2.24) is 0 Å². The Morgan fingerprint density at radius 1 is 0.600 bits per heavy atom. The summed E-state index contributed by atoms with van der Waals surface area (Å²) in [5, 5.41) is 0.582. The molecule has 8 heteroatoms. The fraction of sp³-hybridized carbons (Fsp3) is 0.568. The van der Waals surface area contributed by atoms with E-state index < -0.39 is 20.2 Å².